The van der Waals surface area contributed by atoms with E-state index in [1.54, 1.807) is 12.4 Å². The van der Waals surface area contributed by atoms with E-state index in [0.29, 0.717) is 0 Å². The summed E-state index contributed by atoms with van der Waals surface area (Å²) < 4.78 is 0. The van der Waals surface area contributed by atoms with Crippen LogP contribution in [0.1, 0.15) is 40.5 Å². The summed E-state index contributed by atoms with van der Waals surface area (Å²) >= 11 is 0. The first-order valence-electron chi connectivity index (χ1n) is 4.63. The van der Waals surface area contributed by atoms with Crippen molar-refractivity contribution in [2.45, 2.75) is 40.5 Å². The van der Waals surface area contributed by atoms with Crippen LogP contribution in [0.15, 0.2) is 29.4 Å². The molecule has 0 bridgehead atoms. The van der Waals surface area contributed by atoms with Gasteiger partial charge in [-0.15, -0.1) is 0 Å². The molecule has 0 rings (SSSR count). The predicted octanol–water partition coefficient (Wildman–Crippen LogP) is 3.97. The molecule has 0 fully saturated rings. The molecular weight excluding hydrogens is 146 g/mol. The van der Waals surface area contributed by atoms with Crippen molar-refractivity contribution in [2.75, 3.05) is 0 Å². The molecule has 0 aliphatic rings. The fraction of sp³-hybridized carbons (Fsp3) is 0.545. The number of hydrogen-bond acceptors (Lipinski definition) is 1. The summed E-state index contributed by atoms with van der Waals surface area (Å²) in [6.07, 6.45) is 7.70. The van der Waals surface area contributed by atoms with Gasteiger partial charge in [0.15, 0.2) is 0 Å². The third kappa shape index (κ3) is 11.9. The molecule has 0 aliphatic heterocycles. The van der Waals surface area contributed by atoms with Gasteiger partial charge in [0.25, 0.3) is 0 Å². The lowest BCUT2D eigenvalue weighted by Crippen LogP contribution is -1.72. The van der Waals surface area contributed by atoms with Crippen molar-refractivity contribution in [3.63, 3.8) is 0 Å². The molecule has 0 aliphatic carbocycles. The summed E-state index contributed by atoms with van der Waals surface area (Å²) in [5.74, 6) is 0. The Morgan fingerprint density at radius 2 is 2.00 bits per heavy atom. The maximum atomic E-state index is 3.93. The molecule has 0 saturated carbocycles. The lowest BCUT2D eigenvalue weighted by Gasteiger charge is -1.91. The highest BCUT2D eigenvalue weighted by Crippen LogP contribution is 2.02. The maximum absolute atomic E-state index is 3.93. The van der Waals surface area contributed by atoms with Crippen LogP contribution in [-0.4, -0.2) is 6.21 Å². The van der Waals surface area contributed by atoms with Crippen molar-refractivity contribution in [2.24, 2.45) is 4.99 Å². The number of aliphatic imine (C=N–C) groups is 1. The van der Waals surface area contributed by atoms with Crippen LogP contribution in [0, 0.1) is 0 Å². The van der Waals surface area contributed by atoms with Gasteiger partial charge in [-0.2, -0.15) is 0 Å². The van der Waals surface area contributed by atoms with Gasteiger partial charge in [0.1, 0.15) is 0 Å². The predicted molar refractivity (Wildman–Crippen MR) is 58.7 cm³/mol. The van der Waals surface area contributed by atoms with Crippen molar-refractivity contribution in [3.8, 4) is 0 Å². The average Bonchev–Trinajstić information content (AvgIpc) is 2.09. The minimum absolute atomic E-state index is 1.07. The molecule has 0 heterocycles. The third-order valence-corrected chi connectivity index (χ3v) is 1.12. The first kappa shape index (κ1) is 13.7. The van der Waals surface area contributed by atoms with Gasteiger partial charge in [-0.3, -0.25) is 4.99 Å². The van der Waals surface area contributed by atoms with E-state index >= 15 is 0 Å². The smallest absolute Gasteiger partial charge is 0.0266 e. The van der Waals surface area contributed by atoms with E-state index in [-0.39, 0.29) is 0 Å². The van der Waals surface area contributed by atoms with Gasteiger partial charge in [-0.1, -0.05) is 39.3 Å². The molecule has 0 saturated heterocycles. The second kappa shape index (κ2) is 12.8. The van der Waals surface area contributed by atoms with Crippen molar-refractivity contribution in [1.29, 1.82) is 0 Å². The van der Waals surface area contributed by atoms with Crippen molar-refractivity contribution < 1.29 is 0 Å². The topological polar surface area (TPSA) is 12.4 Å². The molecule has 0 aromatic rings. The molecule has 12 heavy (non-hydrogen) atoms. The monoisotopic (exact) mass is 167 g/mol. The number of hydrogen-bond donors (Lipinski definition) is 0. The van der Waals surface area contributed by atoms with Gasteiger partial charge < -0.3 is 0 Å². The molecule has 0 aromatic heterocycles. The Kier molecular flexibility index (Phi) is 14.6. The molecule has 0 amide bonds. The van der Waals surface area contributed by atoms with Gasteiger partial charge >= 0.3 is 0 Å². The third-order valence-electron chi connectivity index (χ3n) is 1.12. The Hall–Kier alpha value is -0.850. The molecule has 1 nitrogen and oxygen atoms in total. The SMILES string of the molecule is C=C(/C=C\N=CC)CCC.CC. The summed E-state index contributed by atoms with van der Waals surface area (Å²) in [5.41, 5.74) is 1.15. The van der Waals surface area contributed by atoms with Crippen LogP contribution >= 0.6 is 0 Å². The summed E-state index contributed by atoms with van der Waals surface area (Å²) in [6.45, 7) is 11.9. The van der Waals surface area contributed by atoms with Crippen LogP contribution in [0.25, 0.3) is 0 Å². The van der Waals surface area contributed by atoms with Crippen molar-refractivity contribution in [1.82, 2.24) is 0 Å². The second-order valence-electron chi connectivity index (χ2n) is 2.13. The summed E-state index contributed by atoms with van der Waals surface area (Å²) in [4.78, 5) is 3.93. The molecule has 0 N–H and O–H groups in total. The van der Waals surface area contributed by atoms with Crippen LogP contribution in [0.4, 0.5) is 0 Å². The van der Waals surface area contributed by atoms with E-state index in [9.17, 15) is 0 Å². The lowest BCUT2D eigenvalue weighted by atomic mass is 10.2. The first-order valence-corrected chi connectivity index (χ1v) is 4.63. The highest BCUT2D eigenvalue weighted by atomic mass is 14.6. The maximum Gasteiger partial charge on any atom is 0.0266 e. The van der Waals surface area contributed by atoms with Crippen LogP contribution in [0.5, 0.6) is 0 Å². The Labute approximate surface area is 76.9 Å². The number of nitrogens with zero attached hydrogens (tertiary/aromatic N) is 1. The highest BCUT2D eigenvalue weighted by Gasteiger charge is 1.82. The van der Waals surface area contributed by atoms with Crippen LogP contribution in [-0.2, 0) is 0 Å². The fourth-order valence-electron chi connectivity index (χ4n) is 0.639. The Morgan fingerprint density at radius 3 is 2.42 bits per heavy atom. The van der Waals surface area contributed by atoms with Gasteiger partial charge in [0.05, 0.1) is 0 Å². The average molecular weight is 167 g/mol. The van der Waals surface area contributed by atoms with Crippen LogP contribution in [0.3, 0.4) is 0 Å². The summed E-state index contributed by atoms with van der Waals surface area (Å²) in [7, 11) is 0. The van der Waals surface area contributed by atoms with Gasteiger partial charge in [0, 0.05) is 12.4 Å². The molecule has 0 unspecified atom stereocenters. The van der Waals surface area contributed by atoms with E-state index in [1.807, 2.05) is 26.8 Å². The van der Waals surface area contributed by atoms with Crippen LogP contribution in [0.2, 0.25) is 0 Å². The van der Waals surface area contributed by atoms with Crippen molar-refractivity contribution in [3.05, 3.63) is 24.4 Å². The molecule has 0 aromatic carbocycles. The largest absolute Gasteiger partial charge is 0.269 e. The van der Waals surface area contributed by atoms with E-state index in [2.05, 4.69) is 18.5 Å². The van der Waals surface area contributed by atoms with Gasteiger partial charge in [-0.05, 0) is 19.4 Å². The molecule has 0 atom stereocenters. The highest BCUT2D eigenvalue weighted by molar-refractivity contribution is 5.54. The molecule has 0 radical (unpaired) electrons. The molecule has 1 heteroatoms. The molecule has 70 valence electrons. The minimum atomic E-state index is 1.07. The van der Waals surface area contributed by atoms with E-state index in [0.717, 1.165) is 18.4 Å². The quantitative estimate of drug-likeness (QED) is 0.443. The fourth-order valence-corrected chi connectivity index (χ4v) is 0.639. The van der Waals surface area contributed by atoms with Gasteiger partial charge in [0.2, 0.25) is 0 Å². The number of allylic oxidation sites excluding steroid dienone is 2. The number of rotatable bonds is 4. The van der Waals surface area contributed by atoms with E-state index in [1.165, 1.54) is 0 Å². The minimum Gasteiger partial charge on any atom is -0.269 e. The lowest BCUT2D eigenvalue weighted by molar-refractivity contribution is 0.929. The zero-order valence-electron chi connectivity index (χ0n) is 8.80. The molecule has 0 spiro atoms. The summed E-state index contributed by atoms with van der Waals surface area (Å²) in [6, 6.07) is 0. The van der Waals surface area contributed by atoms with Crippen LogP contribution < -0.4 is 0 Å². The standard InChI is InChI=1S/C9H15N.C2H6/c1-4-6-9(3)7-8-10-5-2;1-2/h5,7-8H,3-4,6H2,1-2H3;1-2H3/b8-7-,10-5?;. The van der Waals surface area contributed by atoms with Gasteiger partial charge in [-0.25, -0.2) is 0 Å². The van der Waals surface area contributed by atoms with E-state index in [4.69, 9.17) is 0 Å². The van der Waals surface area contributed by atoms with E-state index < -0.39 is 0 Å². The zero-order valence-corrected chi connectivity index (χ0v) is 8.80. The Balaban J connectivity index is 0. The Bertz CT molecular complexity index is 143. The Morgan fingerprint density at radius 1 is 1.42 bits per heavy atom. The second-order valence-corrected chi connectivity index (χ2v) is 2.13. The normalized spacial score (nSPS) is 10.0. The molecular formula is C11H21N. The van der Waals surface area contributed by atoms with Crippen molar-refractivity contribution >= 4 is 6.21 Å². The zero-order chi connectivity index (χ0) is 9.82. The summed E-state index contributed by atoms with van der Waals surface area (Å²) in [5, 5.41) is 0. The first-order chi connectivity index (χ1) is 5.81.